The first kappa shape index (κ1) is 14.4. The third kappa shape index (κ3) is 3.12. The minimum absolute atomic E-state index is 0.00946. The fourth-order valence-electron chi connectivity index (χ4n) is 2.03. The maximum absolute atomic E-state index is 5.23. The highest BCUT2D eigenvalue weighted by molar-refractivity contribution is 5.51. The molecule has 0 spiro atoms. The first-order valence-electron chi connectivity index (χ1n) is 6.33. The lowest BCUT2D eigenvalue weighted by atomic mass is 10.2. The van der Waals surface area contributed by atoms with Crippen LogP contribution >= 0.6 is 0 Å². The van der Waals surface area contributed by atoms with E-state index in [1.54, 1.807) is 18.9 Å². The second-order valence-electron chi connectivity index (χ2n) is 4.46. The molecular weight excluding hydrogens is 258 g/mol. The number of nitrogens with zero attached hydrogens (tertiary/aromatic N) is 4. The molecule has 2 aromatic rings. The lowest BCUT2D eigenvalue weighted by Gasteiger charge is -2.23. The van der Waals surface area contributed by atoms with E-state index in [4.69, 9.17) is 9.47 Å². The van der Waals surface area contributed by atoms with Crippen LogP contribution in [0.15, 0.2) is 24.3 Å². The van der Waals surface area contributed by atoms with Crippen molar-refractivity contribution in [2.75, 3.05) is 19.5 Å². The highest BCUT2D eigenvalue weighted by atomic mass is 16.7. The maximum atomic E-state index is 5.23. The third-order valence-electron chi connectivity index (χ3n) is 2.98. The van der Waals surface area contributed by atoms with Crippen LogP contribution in [0.4, 0.5) is 5.69 Å². The zero-order valence-electron chi connectivity index (χ0n) is 12.1. The number of hydrogen-bond donors (Lipinski definition) is 1. The number of anilines is 1. The molecule has 0 bridgehead atoms. The summed E-state index contributed by atoms with van der Waals surface area (Å²) in [5.74, 6) is 0.738. The normalized spacial score (nSPS) is 12.7. The molecule has 1 aromatic heterocycles. The van der Waals surface area contributed by atoms with E-state index in [-0.39, 0.29) is 12.3 Å². The van der Waals surface area contributed by atoms with Gasteiger partial charge in [0.05, 0.1) is 11.7 Å². The van der Waals surface area contributed by atoms with E-state index in [1.165, 1.54) is 0 Å². The van der Waals surface area contributed by atoms with E-state index in [1.807, 2.05) is 38.1 Å². The Hall–Kier alpha value is -1.99. The summed E-state index contributed by atoms with van der Waals surface area (Å²) in [4.78, 5) is 0. The molecule has 0 aliphatic carbocycles. The summed E-state index contributed by atoms with van der Waals surface area (Å²) in [7, 11) is 3.24. The molecule has 0 radical (unpaired) electrons. The number of hydrogen-bond acceptors (Lipinski definition) is 6. The zero-order chi connectivity index (χ0) is 14.5. The van der Waals surface area contributed by atoms with Gasteiger partial charge in [-0.05, 0) is 42.5 Å². The molecular formula is C13H19N5O2. The van der Waals surface area contributed by atoms with Gasteiger partial charge in [-0.3, -0.25) is 0 Å². The molecule has 0 saturated heterocycles. The van der Waals surface area contributed by atoms with Crippen LogP contribution in [-0.4, -0.2) is 46.8 Å². The Bertz CT molecular complexity index is 553. The molecule has 0 aliphatic rings. The topological polar surface area (TPSA) is 74.1 Å². The van der Waals surface area contributed by atoms with E-state index in [2.05, 4.69) is 20.8 Å². The molecule has 108 valence electrons. The Kier molecular flexibility index (Phi) is 4.65. The van der Waals surface area contributed by atoms with Crippen molar-refractivity contribution in [3.63, 3.8) is 0 Å². The van der Waals surface area contributed by atoms with Crippen molar-refractivity contribution in [2.45, 2.75) is 26.2 Å². The summed E-state index contributed by atoms with van der Waals surface area (Å²) in [6.07, 6.45) is -0.312. The van der Waals surface area contributed by atoms with Crippen LogP contribution in [0, 0.1) is 6.92 Å². The average Bonchev–Trinajstić information content (AvgIpc) is 2.86. The molecule has 0 fully saturated rings. The number of aromatic nitrogens is 4. The van der Waals surface area contributed by atoms with Crippen molar-refractivity contribution < 1.29 is 9.47 Å². The molecule has 0 aliphatic heterocycles. The van der Waals surface area contributed by atoms with Crippen LogP contribution in [0.5, 0.6) is 0 Å². The van der Waals surface area contributed by atoms with Crippen LogP contribution in [0.2, 0.25) is 0 Å². The molecule has 2 rings (SSSR count). The second kappa shape index (κ2) is 6.44. The van der Waals surface area contributed by atoms with Crippen LogP contribution in [0.1, 0.15) is 12.7 Å². The Labute approximate surface area is 117 Å². The van der Waals surface area contributed by atoms with Gasteiger partial charge in [-0.25, -0.2) is 0 Å². The van der Waals surface area contributed by atoms with Gasteiger partial charge < -0.3 is 14.8 Å². The largest absolute Gasteiger partial charge is 0.377 e. The number of benzene rings is 1. The van der Waals surface area contributed by atoms with Gasteiger partial charge in [0.1, 0.15) is 0 Å². The highest BCUT2D eigenvalue weighted by Gasteiger charge is 2.15. The summed E-state index contributed by atoms with van der Waals surface area (Å²) < 4.78 is 12.1. The molecule has 0 saturated carbocycles. The number of rotatable bonds is 6. The van der Waals surface area contributed by atoms with Gasteiger partial charge in [0.15, 0.2) is 12.1 Å². The summed E-state index contributed by atoms with van der Waals surface area (Å²) in [5.41, 5.74) is 1.85. The lowest BCUT2D eigenvalue weighted by Crippen LogP contribution is -2.33. The minimum Gasteiger partial charge on any atom is -0.377 e. The van der Waals surface area contributed by atoms with Crippen LogP contribution in [0.25, 0.3) is 5.69 Å². The van der Waals surface area contributed by atoms with Crippen LogP contribution in [0.3, 0.4) is 0 Å². The fraction of sp³-hybridized carbons (Fsp3) is 0.462. The summed E-state index contributed by atoms with van der Waals surface area (Å²) in [6, 6.07) is 7.85. The van der Waals surface area contributed by atoms with Gasteiger partial charge in [-0.2, -0.15) is 4.68 Å². The van der Waals surface area contributed by atoms with Crippen molar-refractivity contribution in [3.8, 4) is 5.69 Å². The quantitative estimate of drug-likeness (QED) is 0.804. The van der Waals surface area contributed by atoms with E-state index in [9.17, 15) is 0 Å². The van der Waals surface area contributed by atoms with Gasteiger partial charge >= 0.3 is 0 Å². The number of nitrogens with one attached hydrogen (secondary N) is 1. The van der Waals surface area contributed by atoms with E-state index in [0.717, 1.165) is 17.2 Å². The van der Waals surface area contributed by atoms with Gasteiger partial charge in [-0.1, -0.05) is 6.07 Å². The third-order valence-corrected chi connectivity index (χ3v) is 2.98. The standard InChI is InChI=1S/C13H19N5O2/c1-9(13(19-3)20-4)14-11-6-5-7-12(8-11)18-10(2)15-16-17-18/h5-9,13-14H,1-4H3. The average molecular weight is 277 g/mol. The van der Waals surface area contributed by atoms with Crippen molar-refractivity contribution in [1.82, 2.24) is 20.2 Å². The minimum atomic E-state index is -0.312. The molecule has 1 N–H and O–H groups in total. The molecule has 1 heterocycles. The SMILES string of the molecule is COC(OC)C(C)Nc1cccc(-n2nnnc2C)c1. The number of tetrazole rings is 1. The predicted molar refractivity (Wildman–Crippen MR) is 74.8 cm³/mol. The second-order valence-corrected chi connectivity index (χ2v) is 4.46. The highest BCUT2D eigenvalue weighted by Crippen LogP contribution is 2.16. The molecule has 7 nitrogen and oxygen atoms in total. The smallest absolute Gasteiger partial charge is 0.176 e. The first-order valence-corrected chi connectivity index (χ1v) is 6.33. The van der Waals surface area contributed by atoms with E-state index < -0.39 is 0 Å². The lowest BCUT2D eigenvalue weighted by molar-refractivity contribution is -0.109. The first-order chi connectivity index (χ1) is 9.65. The molecule has 0 amide bonds. The maximum Gasteiger partial charge on any atom is 0.176 e. The fourth-order valence-corrected chi connectivity index (χ4v) is 2.03. The van der Waals surface area contributed by atoms with Gasteiger partial charge in [0.25, 0.3) is 0 Å². The molecule has 1 atom stereocenters. The van der Waals surface area contributed by atoms with Crippen molar-refractivity contribution in [2.24, 2.45) is 0 Å². The Balaban J connectivity index is 2.16. The Morgan fingerprint density at radius 3 is 2.60 bits per heavy atom. The van der Waals surface area contributed by atoms with Crippen LogP contribution in [-0.2, 0) is 9.47 Å². The van der Waals surface area contributed by atoms with Crippen molar-refractivity contribution in [1.29, 1.82) is 0 Å². The van der Waals surface area contributed by atoms with Gasteiger partial charge in [-0.15, -0.1) is 5.10 Å². The van der Waals surface area contributed by atoms with Crippen molar-refractivity contribution in [3.05, 3.63) is 30.1 Å². The molecule has 7 heteroatoms. The van der Waals surface area contributed by atoms with Crippen molar-refractivity contribution >= 4 is 5.69 Å². The zero-order valence-corrected chi connectivity index (χ0v) is 12.1. The van der Waals surface area contributed by atoms with E-state index >= 15 is 0 Å². The Morgan fingerprint density at radius 1 is 1.25 bits per heavy atom. The summed E-state index contributed by atoms with van der Waals surface area (Å²) in [6.45, 7) is 3.85. The number of aryl methyl sites for hydroxylation is 1. The van der Waals surface area contributed by atoms with Crippen LogP contribution < -0.4 is 5.32 Å². The van der Waals surface area contributed by atoms with Gasteiger partial charge in [0, 0.05) is 19.9 Å². The monoisotopic (exact) mass is 277 g/mol. The Morgan fingerprint density at radius 2 is 2.00 bits per heavy atom. The number of ether oxygens (including phenoxy) is 2. The molecule has 20 heavy (non-hydrogen) atoms. The van der Waals surface area contributed by atoms with E-state index in [0.29, 0.717) is 0 Å². The molecule has 1 unspecified atom stereocenters. The molecule has 1 aromatic carbocycles. The summed E-state index contributed by atoms with van der Waals surface area (Å²) in [5, 5.41) is 14.8. The van der Waals surface area contributed by atoms with Gasteiger partial charge in [0.2, 0.25) is 0 Å². The summed E-state index contributed by atoms with van der Waals surface area (Å²) >= 11 is 0. The number of methoxy groups -OCH3 is 2. The predicted octanol–water partition coefficient (Wildman–Crippen LogP) is 1.39.